The van der Waals surface area contributed by atoms with Gasteiger partial charge in [-0.2, -0.15) is 13.2 Å². The molecule has 0 aromatic rings. The first-order valence-corrected chi connectivity index (χ1v) is 7.33. The maximum Gasteiger partial charge on any atom is 0.403 e. The molecule has 0 spiro atoms. The number of halogens is 3. The number of rotatable bonds is 4. The van der Waals surface area contributed by atoms with E-state index < -0.39 is 47.2 Å². The van der Waals surface area contributed by atoms with Crippen LogP contribution in [-0.2, 0) is 19.1 Å². The Labute approximate surface area is 136 Å². The summed E-state index contributed by atoms with van der Waals surface area (Å²) in [5.41, 5.74) is 7.48. The van der Waals surface area contributed by atoms with Crippen molar-refractivity contribution in [2.75, 3.05) is 5.75 Å². The van der Waals surface area contributed by atoms with Gasteiger partial charge in [-0.15, -0.1) is 11.8 Å². The van der Waals surface area contributed by atoms with Crippen LogP contribution < -0.4 is 0 Å². The molecule has 24 heavy (non-hydrogen) atoms. The van der Waals surface area contributed by atoms with Crippen LogP contribution in [0.5, 0.6) is 0 Å². The highest BCUT2D eigenvalue weighted by molar-refractivity contribution is 8.00. The first-order valence-electron chi connectivity index (χ1n) is 6.28. The molecule has 0 aromatic carbocycles. The number of carboxylic acids is 1. The van der Waals surface area contributed by atoms with Crippen molar-refractivity contribution in [1.82, 2.24) is 4.90 Å². The number of hydrogen-bond donors (Lipinski definition) is 1. The summed E-state index contributed by atoms with van der Waals surface area (Å²) in [6, 6.07) is 0. The topological polar surface area (TPSA) is 133 Å². The molecule has 0 saturated carbocycles. The van der Waals surface area contributed by atoms with Crippen LogP contribution in [-0.4, -0.2) is 51.4 Å². The highest BCUT2D eigenvalue weighted by atomic mass is 32.2. The van der Waals surface area contributed by atoms with Gasteiger partial charge in [-0.1, -0.05) is 0 Å². The summed E-state index contributed by atoms with van der Waals surface area (Å²) in [4.78, 5) is 37.2. The number of carbonyl (C=O) groups excluding carboxylic acids is 2. The second-order valence-electron chi connectivity index (χ2n) is 4.77. The van der Waals surface area contributed by atoms with Gasteiger partial charge in [0.05, 0.1) is 0 Å². The van der Waals surface area contributed by atoms with Crippen LogP contribution >= 0.6 is 11.8 Å². The first kappa shape index (κ1) is 17.9. The Morgan fingerprint density at radius 2 is 2.17 bits per heavy atom. The fourth-order valence-electron chi connectivity index (χ4n) is 2.37. The Kier molecular flexibility index (Phi) is 4.67. The summed E-state index contributed by atoms with van der Waals surface area (Å²) < 4.78 is 43.2. The zero-order valence-corrected chi connectivity index (χ0v) is 12.7. The number of ether oxygens (including phenoxy) is 1. The van der Waals surface area contributed by atoms with Gasteiger partial charge in [0.1, 0.15) is 11.1 Å². The molecule has 1 unspecified atom stereocenters. The van der Waals surface area contributed by atoms with Gasteiger partial charge in [-0.05, 0) is 10.6 Å². The molecular formula is C11H9F3N4O5S. The van der Waals surface area contributed by atoms with Gasteiger partial charge >= 0.3 is 18.1 Å². The first-order chi connectivity index (χ1) is 11.1. The summed E-state index contributed by atoms with van der Waals surface area (Å²) in [6.07, 6.45) is -6.46. The molecule has 1 amide bonds. The molecule has 0 bridgehead atoms. The molecule has 1 fully saturated rings. The maximum atomic E-state index is 12.8. The number of aliphatic carboxylic acids is 1. The zero-order chi connectivity index (χ0) is 18.2. The fourth-order valence-corrected chi connectivity index (χ4v) is 3.82. The second-order valence-corrected chi connectivity index (χ2v) is 5.88. The van der Waals surface area contributed by atoms with E-state index in [0.717, 1.165) is 6.92 Å². The minimum atomic E-state index is -4.80. The molecule has 0 aromatic heterocycles. The standard InChI is InChI=1S/C11H9F3N4O5S/c1-3(19)23-7(16-17-15)4-2-24-9-5(11(12,13)14)8(20)18(9)6(4)10(21)22/h5,7,9H,2H2,1H3,(H,21,22)/t5-,7?,9-/m1/s1. The van der Waals surface area contributed by atoms with Gasteiger partial charge in [-0.3, -0.25) is 14.5 Å². The van der Waals surface area contributed by atoms with E-state index in [2.05, 4.69) is 10.0 Å². The van der Waals surface area contributed by atoms with Gasteiger partial charge in [0, 0.05) is 23.2 Å². The van der Waals surface area contributed by atoms with Gasteiger partial charge in [-0.25, -0.2) is 4.79 Å². The number of β-lactam (4-membered cyclic amide) rings is 1. The van der Waals surface area contributed by atoms with Crippen molar-refractivity contribution >= 4 is 29.6 Å². The quantitative estimate of drug-likeness (QED) is 0.264. The predicted molar refractivity (Wildman–Crippen MR) is 72.0 cm³/mol. The van der Waals surface area contributed by atoms with Crippen LogP contribution in [0.2, 0.25) is 0 Å². The fraction of sp³-hybridized carbons (Fsp3) is 0.545. The molecule has 3 atom stereocenters. The number of esters is 1. The van der Waals surface area contributed by atoms with Gasteiger partial charge in [0.2, 0.25) is 12.1 Å². The molecule has 9 nitrogen and oxygen atoms in total. The molecule has 0 aliphatic carbocycles. The molecular weight excluding hydrogens is 357 g/mol. The van der Waals surface area contributed by atoms with Gasteiger partial charge < -0.3 is 9.84 Å². The molecule has 2 aliphatic rings. The Hall–Kier alpha value is -2.40. The van der Waals surface area contributed by atoms with E-state index in [4.69, 9.17) is 10.3 Å². The molecule has 1 saturated heterocycles. The number of amides is 1. The number of carboxylic acid groups (broad SMARTS) is 1. The normalized spacial score (nSPS) is 24.5. The molecule has 13 heteroatoms. The molecule has 130 valence electrons. The summed E-state index contributed by atoms with van der Waals surface area (Å²) in [5.74, 6) is -6.60. The van der Waals surface area contributed by atoms with Crippen molar-refractivity contribution in [3.05, 3.63) is 21.7 Å². The average molecular weight is 366 g/mol. The molecule has 2 rings (SSSR count). The van der Waals surface area contributed by atoms with Crippen LogP contribution in [0.1, 0.15) is 6.92 Å². The van der Waals surface area contributed by atoms with Crippen molar-refractivity contribution < 1.29 is 37.4 Å². The van der Waals surface area contributed by atoms with Crippen LogP contribution in [0.4, 0.5) is 13.2 Å². The minimum absolute atomic E-state index is 0.259. The molecule has 1 N–H and O–H groups in total. The third-order valence-corrected chi connectivity index (χ3v) is 4.59. The second kappa shape index (κ2) is 6.24. The summed E-state index contributed by atoms with van der Waals surface area (Å²) >= 11 is 0.652. The van der Waals surface area contributed by atoms with Crippen LogP contribution in [0.15, 0.2) is 16.4 Å². The van der Waals surface area contributed by atoms with E-state index in [1.807, 2.05) is 0 Å². The average Bonchev–Trinajstić information content (AvgIpc) is 2.42. The Bertz CT molecular complexity index is 688. The number of thioether (sulfide) groups is 1. The monoisotopic (exact) mass is 366 g/mol. The number of nitrogens with zero attached hydrogens (tertiary/aromatic N) is 4. The van der Waals surface area contributed by atoms with Crippen LogP contribution in [0.3, 0.4) is 0 Å². The van der Waals surface area contributed by atoms with Gasteiger partial charge in [0.25, 0.3) is 0 Å². The summed E-state index contributed by atoms with van der Waals surface area (Å²) in [6.45, 7) is 0.980. The van der Waals surface area contributed by atoms with Crippen molar-refractivity contribution in [3.63, 3.8) is 0 Å². The number of fused-ring (bicyclic) bond motifs is 1. The highest BCUT2D eigenvalue weighted by Gasteiger charge is 2.64. The van der Waals surface area contributed by atoms with Crippen molar-refractivity contribution in [2.24, 2.45) is 11.0 Å². The van der Waals surface area contributed by atoms with Crippen molar-refractivity contribution in [1.29, 1.82) is 0 Å². The molecule has 2 aliphatic heterocycles. The van der Waals surface area contributed by atoms with Crippen molar-refractivity contribution in [3.8, 4) is 0 Å². The van der Waals surface area contributed by atoms with Gasteiger partial charge in [0.15, 0.2) is 5.92 Å². The number of azide groups is 1. The lowest BCUT2D eigenvalue weighted by molar-refractivity contribution is -0.214. The highest BCUT2D eigenvalue weighted by Crippen LogP contribution is 2.50. The third-order valence-electron chi connectivity index (χ3n) is 3.29. The number of alkyl halides is 3. The summed E-state index contributed by atoms with van der Waals surface area (Å²) in [5, 5.41) is 11.0. The van der Waals surface area contributed by atoms with E-state index in [0.29, 0.717) is 16.7 Å². The SMILES string of the molecule is CC(=O)OC(N=[N+]=[N-])C1=C(C(=O)O)N2C(=O)[C@@H](C(F)(F)F)[C@H]2SC1. The van der Waals surface area contributed by atoms with E-state index in [-0.39, 0.29) is 11.3 Å². The number of carbonyl (C=O) groups is 3. The minimum Gasteiger partial charge on any atom is -0.477 e. The molecule has 2 heterocycles. The zero-order valence-electron chi connectivity index (χ0n) is 11.9. The Morgan fingerprint density at radius 3 is 2.62 bits per heavy atom. The predicted octanol–water partition coefficient (Wildman–Crippen LogP) is 1.62. The van der Waals surface area contributed by atoms with Crippen molar-refractivity contribution in [2.45, 2.75) is 24.7 Å². The van der Waals surface area contributed by atoms with Crippen LogP contribution in [0, 0.1) is 5.92 Å². The van der Waals surface area contributed by atoms with Crippen LogP contribution in [0.25, 0.3) is 10.4 Å². The lowest BCUT2D eigenvalue weighted by atomic mass is 9.94. The smallest absolute Gasteiger partial charge is 0.403 e. The van der Waals surface area contributed by atoms with E-state index in [9.17, 15) is 32.7 Å². The lowest BCUT2D eigenvalue weighted by Gasteiger charge is -2.50. The maximum absolute atomic E-state index is 12.8. The number of hydrogen-bond acceptors (Lipinski definition) is 6. The largest absolute Gasteiger partial charge is 0.477 e. The third kappa shape index (κ3) is 2.99. The lowest BCUT2D eigenvalue weighted by Crippen LogP contribution is -2.66. The Morgan fingerprint density at radius 1 is 1.54 bits per heavy atom. The van der Waals surface area contributed by atoms with E-state index in [1.54, 1.807) is 0 Å². The summed E-state index contributed by atoms with van der Waals surface area (Å²) in [7, 11) is 0. The Balaban J connectivity index is 2.46. The van der Waals surface area contributed by atoms with E-state index >= 15 is 0 Å². The van der Waals surface area contributed by atoms with E-state index in [1.165, 1.54) is 0 Å². The molecule has 0 radical (unpaired) electrons.